The summed E-state index contributed by atoms with van der Waals surface area (Å²) in [5, 5.41) is 0. The Hall–Kier alpha value is -5.94. The zero-order valence-electron chi connectivity index (χ0n) is 57.2. The first-order chi connectivity index (χ1) is 44.7. The van der Waals surface area contributed by atoms with E-state index in [0.29, 0.717) is 19.8 Å². The Bertz CT molecular complexity index is 3360. The lowest BCUT2D eigenvalue weighted by Crippen LogP contribution is -3.11. The van der Waals surface area contributed by atoms with Gasteiger partial charge in [-0.3, -0.25) is 0 Å². The summed E-state index contributed by atoms with van der Waals surface area (Å²) < 4.78 is 25.9. The highest BCUT2D eigenvalue weighted by atomic mass is 127. The number of H-pyrrole nitrogens is 2. The molecule has 93 heavy (non-hydrogen) atoms. The number of halogens is 2. The van der Waals surface area contributed by atoms with Crippen molar-refractivity contribution >= 4 is 46.4 Å². The third-order valence-corrected chi connectivity index (χ3v) is 17.7. The molecule has 500 valence electrons. The van der Waals surface area contributed by atoms with E-state index in [4.69, 9.17) is 28.9 Å². The lowest BCUT2D eigenvalue weighted by Gasteiger charge is -2.22. The predicted octanol–water partition coefficient (Wildman–Crippen LogP) is 12.9. The summed E-state index contributed by atoms with van der Waals surface area (Å²) in [6.45, 7) is 10.8. The molecule has 3 aromatic heterocycles. The summed E-state index contributed by atoms with van der Waals surface area (Å²) in [7, 11) is 8.74. The molecule has 0 unspecified atom stereocenters. The fraction of sp³-hybridized carbons (Fsp3) is 0.457. The summed E-state index contributed by atoms with van der Waals surface area (Å²) >= 11 is 0. The molecule has 0 fully saturated rings. The second kappa shape index (κ2) is 40.5. The monoisotopic (exact) mass is 1480 g/mol. The molecular weight excluding hydrogens is 1370 g/mol. The predicted molar refractivity (Wildman–Crippen MR) is 385 cm³/mol. The van der Waals surface area contributed by atoms with E-state index < -0.39 is 0 Å². The standard InChI is InChI=1S/C81H106N6O4.2HI/c1-8-11-14-17-20-23-26-29-56-88-65-40-32-61(33-41-65)78-70-48-50-72(82-70)79(62-34-42-66(43-35-62)89-57-30-27-24-21-18-15-12-9-2)74-52-54-76(84-74)81(64-38-46-68(47-39-64)91-69(59-86(4)5)60-87(6)7)77-55-53-75(85-77)80(73-51-49-71(78)83-73)63-36-44-67(45-37-63)90-58-31-28-25-22-19-16-13-10-3;;/h32-55,69,82-83H,8-31,56-60H2,1-7H3;2*1H. The van der Waals surface area contributed by atoms with E-state index in [1.807, 2.05) is 0 Å². The fourth-order valence-corrected chi connectivity index (χ4v) is 12.8. The number of likely N-dealkylation sites (N-methyl/N-ethyl adjacent to an activating group) is 2. The highest BCUT2D eigenvalue weighted by molar-refractivity contribution is 6.00. The van der Waals surface area contributed by atoms with E-state index in [1.165, 1.54) is 145 Å². The molecule has 5 heterocycles. The van der Waals surface area contributed by atoms with Gasteiger partial charge in [0.1, 0.15) is 36.1 Å². The van der Waals surface area contributed by atoms with Crippen LogP contribution in [-0.2, 0) is 0 Å². The largest absolute Gasteiger partial charge is 1.00 e. The van der Waals surface area contributed by atoms with Gasteiger partial charge in [-0.1, -0.05) is 204 Å². The Labute approximate surface area is 592 Å². The van der Waals surface area contributed by atoms with Crippen LogP contribution in [0.3, 0.4) is 0 Å². The summed E-state index contributed by atoms with van der Waals surface area (Å²) in [5.41, 5.74) is 15.3. The van der Waals surface area contributed by atoms with Crippen molar-refractivity contribution < 1.29 is 76.7 Å². The van der Waals surface area contributed by atoms with E-state index >= 15 is 0 Å². The minimum Gasteiger partial charge on any atom is -1.00 e. The highest BCUT2D eigenvalue weighted by Crippen LogP contribution is 2.40. The van der Waals surface area contributed by atoms with Gasteiger partial charge in [0.15, 0.2) is 6.10 Å². The number of aromatic amines is 2. The highest BCUT2D eigenvalue weighted by Gasteiger charge is 2.22. The van der Waals surface area contributed by atoms with Crippen LogP contribution >= 0.6 is 0 Å². The zero-order valence-corrected chi connectivity index (χ0v) is 61.5. The van der Waals surface area contributed by atoms with Gasteiger partial charge in [-0.05, 0) is 139 Å². The topological polar surface area (TPSA) is 103 Å². The quantitative estimate of drug-likeness (QED) is 0.0225. The van der Waals surface area contributed by atoms with Crippen molar-refractivity contribution in [2.75, 3.05) is 61.1 Å². The van der Waals surface area contributed by atoms with Crippen LogP contribution in [0.4, 0.5) is 0 Å². The number of nitrogens with zero attached hydrogens (tertiary/aromatic N) is 2. The molecule has 0 saturated carbocycles. The third-order valence-electron chi connectivity index (χ3n) is 17.7. The van der Waals surface area contributed by atoms with Gasteiger partial charge in [0.05, 0.1) is 70.8 Å². The second-order valence-electron chi connectivity index (χ2n) is 26.1. The number of hydrogen-bond acceptors (Lipinski definition) is 6. The van der Waals surface area contributed by atoms with Crippen molar-refractivity contribution in [2.24, 2.45) is 0 Å². The maximum atomic E-state index is 6.72. The van der Waals surface area contributed by atoms with Gasteiger partial charge >= 0.3 is 0 Å². The number of benzene rings is 4. The Balaban J connectivity index is 0.00000613. The van der Waals surface area contributed by atoms with Gasteiger partial charge in [0.2, 0.25) is 0 Å². The molecule has 0 radical (unpaired) electrons. The molecule has 0 aliphatic carbocycles. The Morgan fingerprint density at radius 1 is 0.312 bits per heavy atom. The SMILES string of the molecule is CCCCCCCCCCOc1ccc(-c2c3nc(c(-c4ccc(OC(C[NH+](C)C)C[NH+](C)C)cc4)c4nc(c(-c5ccc(OCCCCCCCCCC)cc5)c5ccc([nH]5)c(-c5ccc(OCCCCCCCCCC)cc5)c5ccc2[nH]5)C=C4)C=C3)cc1.[I-].[I-]. The summed E-state index contributed by atoms with van der Waals surface area (Å²) in [5.74, 6) is 3.48. The van der Waals surface area contributed by atoms with Gasteiger partial charge in [-0.2, -0.15) is 0 Å². The van der Waals surface area contributed by atoms with Crippen LogP contribution in [0.25, 0.3) is 90.9 Å². The van der Waals surface area contributed by atoms with Gasteiger partial charge in [0.25, 0.3) is 0 Å². The molecule has 9 rings (SSSR count). The van der Waals surface area contributed by atoms with Crippen molar-refractivity contribution in [3.8, 4) is 67.5 Å². The molecule has 7 aromatic rings. The van der Waals surface area contributed by atoms with Crippen molar-refractivity contribution in [1.82, 2.24) is 19.9 Å². The van der Waals surface area contributed by atoms with E-state index in [1.54, 1.807) is 0 Å². The average Bonchev–Trinajstić information content (AvgIpc) is 1.65. The van der Waals surface area contributed by atoms with Crippen LogP contribution in [0.2, 0.25) is 0 Å². The first kappa shape index (κ1) is 74.5. The van der Waals surface area contributed by atoms with Gasteiger partial charge in [-0.15, -0.1) is 0 Å². The molecule has 0 atom stereocenters. The molecule has 0 saturated heterocycles. The molecule has 0 amide bonds. The van der Waals surface area contributed by atoms with Crippen LogP contribution < -0.4 is 76.7 Å². The molecule has 10 nitrogen and oxygen atoms in total. The maximum absolute atomic E-state index is 6.72. The van der Waals surface area contributed by atoms with E-state index in [0.717, 1.165) is 145 Å². The average molecular weight is 1480 g/mol. The molecule has 4 N–H and O–H groups in total. The molecule has 0 spiro atoms. The maximum Gasteiger partial charge on any atom is 0.195 e. The lowest BCUT2D eigenvalue weighted by atomic mass is 10.0. The first-order valence-corrected chi connectivity index (χ1v) is 35.4. The summed E-state index contributed by atoms with van der Waals surface area (Å²) in [4.78, 5) is 21.9. The van der Waals surface area contributed by atoms with Gasteiger partial charge in [-0.25, -0.2) is 9.97 Å². The van der Waals surface area contributed by atoms with Crippen molar-refractivity contribution in [3.05, 3.63) is 144 Å². The number of quaternary nitrogens is 2. The van der Waals surface area contributed by atoms with Crippen LogP contribution in [0, 0.1) is 0 Å². The number of unbranched alkanes of at least 4 members (excludes halogenated alkanes) is 21. The molecular formula is C81H108I2N6O4. The van der Waals surface area contributed by atoms with Crippen molar-refractivity contribution in [3.63, 3.8) is 0 Å². The third kappa shape index (κ3) is 22.9. The lowest BCUT2D eigenvalue weighted by molar-refractivity contribution is -0.884. The summed E-state index contributed by atoms with van der Waals surface area (Å²) in [6, 6.07) is 43.3. The Morgan fingerprint density at radius 2 is 0.570 bits per heavy atom. The molecule has 2 aliphatic heterocycles. The Kier molecular flexibility index (Phi) is 32.4. The molecule has 2 aliphatic rings. The number of hydrogen-bond donors (Lipinski definition) is 4. The second-order valence-corrected chi connectivity index (χ2v) is 26.1. The van der Waals surface area contributed by atoms with Crippen molar-refractivity contribution in [2.45, 2.75) is 181 Å². The smallest absolute Gasteiger partial charge is 0.195 e. The number of nitrogens with one attached hydrogen (secondary N) is 4. The number of rotatable bonds is 40. The van der Waals surface area contributed by atoms with Crippen LogP contribution in [0.1, 0.15) is 198 Å². The van der Waals surface area contributed by atoms with Crippen LogP contribution in [0.15, 0.2) is 121 Å². The van der Waals surface area contributed by atoms with Gasteiger partial charge in [0, 0.05) is 44.3 Å². The van der Waals surface area contributed by atoms with Crippen molar-refractivity contribution in [1.29, 1.82) is 0 Å². The van der Waals surface area contributed by atoms with E-state index in [-0.39, 0.29) is 54.1 Å². The van der Waals surface area contributed by atoms with Crippen LogP contribution in [-0.4, -0.2) is 87.1 Å². The van der Waals surface area contributed by atoms with Gasteiger partial charge < -0.3 is 86.7 Å². The number of aromatic nitrogens is 4. The minimum atomic E-state index is 0. The first-order valence-electron chi connectivity index (χ1n) is 35.4. The molecule has 4 aromatic carbocycles. The fourth-order valence-electron chi connectivity index (χ4n) is 12.8. The number of ether oxygens (including phenoxy) is 4. The molecule has 12 heteroatoms. The van der Waals surface area contributed by atoms with E-state index in [2.05, 4.69) is 205 Å². The van der Waals surface area contributed by atoms with Crippen LogP contribution in [0.5, 0.6) is 23.0 Å². The number of fused-ring (bicyclic) bond motifs is 8. The normalized spacial score (nSPS) is 11.8. The minimum absolute atomic E-state index is 0. The summed E-state index contributed by atoms with van der Waals surface area (Å²) in [6.07, 6.45) is 39.1. The Morgan fingerprint density at radius 3 is 0.882 bits per heavy atom. The van der Waals surface area contributed by atoms with E-state index in [9.17, 15) is 0 Å². The molecule has 8 bridgehead atoms. The zero-order chi connectivity index (χ0) is 63.4.